The van der Waals surface area contributed by atoms with Gasteiger partial charge in [-0.15, -0.1) is 0 Å². The molecule has 0 saturated carbocycles. The third-order valence-electron chi connectivity index (χ3n) is 2.67. The summed E-state index contributed by atoms with van der Waals surface area (Å²) in [7, 11) is 0. The van der Waals surface area contributed by atoms with Gasteiger partial charge in [0, 0.05) is 13.1 Å². The highest BCUT2D eigenvalue weighted by molar-refractivity contribution is 9.10. The first kappa shape index (κ1) is 15.6. The van der Waals surface area contributed by atoms with E-state index in [4.69, 9.17) is 0 Å². The summed E-state index contributed by atoms with van der Waals surface area (Å²) in [5, 5.41) is 13.3. The van der Waals surface area contributed by atoms with E-state index in [1.54, 1.807) is 12.1 Å². The quantitative estimate of drug-likeness (QED) is 0.842. The van der Waals surface area contributed by atoms with Gasteiger partial charge in [0.2, 0.25) is 0 Å². The van der Waals surface area contributed by atoms with Gasteiger partial charge in [0.15, 0.2) is 0 Å². The van der Waals surface area contributed by atoms with Gasteiger partial charge >= 0.3 is 0 Å². The summed E-state index contributed by atoms with van der Waals surface area (Å²) in [5.74, 6) is 0.201. The second-order valence-electron chi connectivity index (χ2n) is 5.45. The minimum Gasteiger partial charge on any atom is -0.389 e. The third-order valence-corrected chi connectivity index (χ3v) is 3.27. The van der Waals surface area contributed by atoms with Crippen LogP contribution in [0.2, 0.25) is 0 Å². The standard InChI is InChI=1S/C14H21BrFNO/c1-10(2)7-14(3,18)9-17-8-11-4-5-13(16)12(15)6-11/h4-6,10,17-18H,7-9H2,1-3H3. The number of rotatable bonds is 6. The average Bonchev–Trinajstić information content (AvgIpc) is 2.21. The molecule has 4 heteroatoms. The zero-order valence-corrected chi connectivity index (χ0v) is 12.7. The van der Waals surface area contributed by atoms with Gasteiger partial charge in [-0.25, -0.2) is 4.39 Å². The molecule has 0 saturated heterocycles. The molecule has 0 radical (unpaired) electrons. The minimum atomic E-state index is -0.703. The Kier molecular flexibility index (Phi) is 5.76. The lowest BCUT2D eigenvalue weighted by Crippen LogP contribution is -2.38. The van der Waals surface area contributed by atoms with Crippen LogP contribution in [0.3, 0.4) is 0 Å². The van der Waals surface area contributed by atoms with Gasteiger partial charge in [-0.1, -0.05) is 19.9 Å². The van der Waals surface area contributed by atoms with Crippen molar-refractivity contribution in [3.63, 3.8) is 0 Å². The fourth-order valence-electron chi connectivity index (χ4n) is 2.08. The molecule has 1 aromatic carbocycles. The maximum absolute atomic E-state index is 13.0. The smallest absolute Gasteiger partial charge is 0.137 e. The number of halogens is 2. The predicted molar refractivity (Wildman–Crippen MR) is 75.9 cm³/mol. The molecule has 0 fully saturated rings. The van der Waals surface area contributed by atoms with Crippen molar-refractivity contribution in [3.05, 3.63) is 34.1 Å². The van der Waals surface area contributed by atoms with Crippen LogP contribution >= 0.6 is 15.9 Å². The molecule has 1 aromatic rings. The summed E-state index contributed by atoms with van der Waals surface area (Å²) in [5.41, 5.74) is 0.287. The largest absolute Gasteiger partial charge is 0.389 e. The van der Waals surface area contributed by atoms with Crippen LogP contribution in [0.15, 0.2) is 22.7 Å². The van der Waals surface area contributed by atoms with Gasteiger partial charge in [0.25, 0.3) is 0 Å². The summed E-state index contributed by atoms with van der Waals surface area (Å²) < 4.78 is 13.5. The zero-order valence-electron chi connectivity index (χ0n) is 11.1. The molecule has 0 spiro atoms. The first-order chi connectivity index (χ1) is 8.30. The molecule has 0 aliphatic carbocycles. The fourth-order valence-corrected chi connectivity index (χ4v) is 2.50. The van der Waals surface area contributed by atoms with Crippen molar-refractivity contribution in [3.8, 4) is 0 Å². The number of nitrogens with one attached hydrogen (secondary N) is 1. The SMILES string of the molecule is CC(C)CC(C)(O)CNCc1ccc(F)c(Br)c1. The molecular weight excluding hydrogens is 297 g/mol. The Morgan fingerprint density at radius 2 is 2.11 bits per heavy atom. The molecule has 18 heavy (non-hydrogen) atoms. The maximum atomic E-state index is 13.0. The van der Waals surface area contributed by atoms with Crippen molar-refractivity contribution >= 4 is 15.9 Å². The topological polar surface area (TPSA) is 32.3 Å². The van der Waals surface area contributed by atoms with Gasteiger partial charge in [0.1, 0.15) is 5.82 Å². The van der Waals surface area contributed by atoms with Gasteiger partial charge in [-0.05, 0) is 52.9 Å². The lowest BCUT2D eigenvalue weighted by Gasteiger charge is -2.25. The summed E-state index contributed by atoms with van der Waals surface area (Å²) in [4.78, 5) is 0. The molecule has 0 aliphatic rings. The average molecular weight is 318 g/mol. The number of benzene rings is 1. The summed E-state index contributed by atoms with van der Waals surface area (Å²) >= 11 is 3.16. The van der Waals surface area contributed by atoms with E-state index in [1.165, 1.54) is 6.07 Å². The Hall–Kier alpha value is -0.450. The second kappa shape index (κ2) is 6.64. The molecule has 0 bridgehead atoms. The molecule has 0 amide bonds. The predicted octanol–water partition coefficient (Wildman–Crippen LogP) is 3.47. The highest BCUT2D eigenvalue weighted by atomic mass is 79.9. The normalized spacial score (nSPS) is 14.8. The molecule has 1 unspecified atom stereocenters. The summed E-state index contributed by atoms with van der Waals surface area (Å²) in [6, 6.07) is 4.93. The maximum Gasteiger partial charge on any atom is 0.137 e. The van der Waals surface area contributed by atoms with Crippen LogP contribution in [0, 0.1) is 11.7 Å². The lowest BCUT2D eigenvalue weighted by molar-refractivity contribution is 0.0383. The molecule has 0 aromatic heterocycles. The molecule has 102 valence electrons. The molecule has 0 aliphatic heterocycles. The van der Waals surface area contributed by atoms with Gasteiger partial charge in [-0.2, -0.15) is 0 Å². The Morgan fingerprint density at radius 3 is 2.67 bits per heavy atom. The van der Waals surface area contributed by atoms with E-state index in [-0.39, 0.29) is 5.82 Å². The molecule has 0 heterocycles. The van der Waals surface area contributed by atoms with Crippen LogP contribution in [0.25, 0.3) is 0 Å². The Labute approximate surface area is 117 Å². The van der Waals surface area contributed by atoms with Crippen molar-refractivity contribution in [2.24, 2.45) is 5.92 Å². The van der Waals surface area contributed by atoms with E-state index < -0.39 is 5.60 Å². The van der Waals surface area contributed by atoms with E-state index in [2.05, 4.69) is 35.1 Å². The van der Waals surface area contributed by atoms with Crippen molar-refractivity contribution in [2.75, 3.05) is 6.54 Å². The Morgan fingerprint density at radius 1 is 1.44 bits per heavy atom. The molecule has 2 N–H and O–H groups in total. The highest BCUT2D eigenvalue weighted by Gasteiger charge is 2.20. The van der Waals surface area contributed by atoms with Crippen LogP contribution < -0.4 is 5.32 Å². The highest BCUT2D eigenvalue weighted by Crippen LogP contribution is 2.18. The lowest BCUT2D eigenvalue weighted by atomic mass is 9.94. The number of hydrogen-bond acceptors (Lipinski definition) is 2. The van der Waals surface area contributed by atoms with Crippen molar-refractivity contribution in [2.45, 2.75) is 39.3 Å². The van der Waals surface area contributed by atoms with E-state index >= 15 is 0 Å². The summed E-state index contributed by atoms with van der Waals surface area (Å²) in [6.07, 6.45) is 0.757. The summed E-state index contributed by atoms with van der Waals surface area (Å²) in [6.45, 7) is 7.16. The third kappa shape index (κ3) is 5.46. The van der Waals surface area contributed by atoms with Crippen molar-refractivity contribution in [1.29, 1.82) is 0 Å². The van der Waals surface area contributed by atoms with Crippen LogP contribution in [0.5, 0.6) is 0 Å². The van der Waals surface area contributed by atoms with Gasteiger partial charge in [0.05, 0.1) is 10.1 Å². The molecule has 1 atom stereocenters. The van der Waals surface area contributed by atoms with Crippen LogP contribution in [-0.4, -0.2) is 17.3 Å². The van der Waals surface area contributed by atoms with Crippen molar-refractivity contribution < 1.29 is 9.50 Å². The molecule has 1 rings (SSSR count). The van der Waals surface area contributed by atoms with E-state index in [0.29, 0.717) is 23.5 Å². The first-order valence-corrected chi connectivity index (χ1v) is 6.96. The number of aliphatic hydroxyl groups is 1. The molecule has 2 nitrogen and oxygen atoms in total. The van der Waals surface area contributed by atoms with E-state index in [1.807, 2.05) is 6.92 Å². The van der Waals surface area contributed by atoms with E-state index in [0.717, 1.165) is 12.0 Å². The van der Waals surface area contributed by atoms with Crippen LogP contribution in [0.1, 0.15) is 32.8 Å². The Bertz CT molecular complexity index is 393. The monoisotopic (exact) mass is 317 g/mol. The van der Waals surface area contributed by atoms with Gasteiger partial charge < -0.3 is 10.4 Å². The second-order valence-corrected chi connectivity index (χ2v) is 6.30. The van der Waals surface area contributed by atoms with Crippen LogP contribution in [-0.2, 0) is 6.54 Å². The molecular formula is C14H21BrFNO. The van der Waals surface area contributed by atoms with Crippen molar-refractivity contribution in [1.82, 2.24) is 5.32 Å². The fraction of sp³-hybridized carbons (Fsp3) is 0.571. The first-order valence-electron chi connectivity index (χ1n) is 6.17. The van der Waals surface area contributed by atoms with Gasteiger partial charge in [-0.3, -0.25) is 0 Å². The zero-order chi connectivity index (χ0) is 13.8. The van der Waals surface area contributed by atoms with Crippen LogP contribution in [0.4, 0.5) is 4.39 Å². The minimum absolute atomic E-state index is 0.259. The Balaban J connectivity index is 2.43. The number of hydrogen-bond donors (Lipinski definition) is 2. The van der Waals surface area contributed by atoms with E-state index in [9.17, 15) is 9.50 Å².